The Morgan fingerprint density at radius 1 is 1.14 bits per heavy atom. The molecule has 1 amide bonds. The van der Waals surface area contributed by atoms with Crippen molar-refractivity contribution in [3.8, 4) is 5.75 Å². The molecule has 0 aromatic heterocycles. The van der Waals surface area contributed by atoms with Crippen LogP contribution in [0.15, 0.2) is 42.5 Å². The summed E-state index contributed by atoms with van der Waals surface area (Å²) >= 11 is 0. The van der Waals surface area contributed by atoms with Crippen molar-refractivity contribution < 1.29 is 27.6 Å². The highest BCUT2D eigenvalue weighted by atomic mass is 19.4. The lowest BCUT2D eigenvalue weighted by atomic mass is 9.87. The number of hydrogen-bond donors (Lipinski definition) is 0. The number of halogens is 3. The standard InChI is InChI=1S/C20H21F3N2O4/c1-4-24(5-2)19(26)18(14-8-6-7-9-17(14)29-3)15-12-13(20(21,22)23)10-11-16(15)25(27)28/h6-12,18H,4-5H2,1-3H3. The number of nitrogens with zero attached hydrogens (tertiary/aromatic N) is 2. The number of hydrogen-bond acceptors (Lipinski definition) is 4. The van der Waals surface area contributed by atoms with Gasteiger partial charge < -0.3 is 9.64 Å². The minimum Gasteiger partial charge on any atom is -0.496 e. The van der Waals surface area contributed by atoms with E-state index in [4.69, 9.17) is 4.74 Å². The molecule has 0 saturated heterocycles. The summed E-state index contributed by atoms with van der Waals surface area (Å²) in [6.45, 7) is 4.05. The van der Waals surface area contributed by atoms with Crippen LogP contribution in [0, 0.1) is 10.1 Å². The van der Waals surface area contributed by atoms with Gasteiger partial charge in [-0.1, -0.05) is 18.2 Å². The normalized spacial score (nSPS) is 12.3. The zero-order valence-electron chi connectivity index (χ0n) is 16.2. The molecule has 2 rings (SSSR count). The maximum absolute atomic E-state index is 13.3. The second kappa shape index (κ2) is 8.93. The van der Waals surface area contributed by atoms with E-state index in [1.54, 1.807) is 32.0 Å². The van der Waals surface area contributed by atoms with E-state index in [-0.39, 0.29) is 16.9 Å². The second-order valence-corrected chi connectivity index (χ2v) is 6.21. The van der Waals surface area contributed by atoms with Crippen LogP contribution in [0.3, 0.4) is 0 Å². The maximum Gasteiger partial charge on any atom is 0.416 e. The van der Waals surface area contributed by atoms with Gasteiger partial charge in [0.05, 0.1) is 23.5 Å². The maximum atomic E-state index is 13.3. The number of methoxy groups -OCH3 is 1. The number of amides is 1. The molecule has 0 heterocycles. The molecule has 2 aromatic rings. The first-order valence-corrected chi connectivity index (χ1v) is 8.92. The summed E-state index contributed by atoms with van der Waals surface area (Å²) in [5.41, 5.74) is -1.69. The van der Waals surface area contributed by atoms with Gasteiger partial charge in [-0.25, -0.2) is 0 Å². The third-order valence-corrected chi connectivity index (χ3v) is 4.63. The summed E-state index contributed by atoms with van der Waals surface area (Å²) in [6.07, 6.45) is -4.71. The Balaban J connectivity index is 2.84. The number of benzene rings is 2. The van der Waals surface area contributed by atoms with Gasteiger partial charge in [0.15, 0.2) is 0 Å². The molecule has 156 valence electrons. The molecule has 0 aliphatic rings. The van der Waals surface area contributed by atoms with E-state index in [9.17, 15) is 28.1 Å². The topological polar surface area (TPSA) is 72.7 Å². The predicted octanol–water partition coefficient (Wildman–Crippen LogP) is 4.62. The predicted molar refractivity (Wildman–Crippen MR) is 101 cm³/mol. The number of likely N-dealkylation sites (N-methyl/N-ethyl adjacent to an activating group) is 1. The van der Waals surface area contributed by atoms with Crippen molar-refractivity contribution in [1.29, 1.82) is 0 Å². The summed E-state index contributed by atoms with van der Waals surface area (Å²) in [5.74, 6) is -1.61. The van der Waals surface area contributed by atoms with Gasteiger partial charge in [-0.05, 0) is 32.0 Å². The Morgan fingerprint density at radius 2 is 1.76 bits per heavy atom. The van der Waals surface area contributed by atoms with E-state index in [2.05, 4.69) is 0 Å². The van der Waals surface area contributed by atoms with E-state index < -0.39 is 34.2 Å². The summed E-state index contributed by atoms with van der Waals surface area (Å²) in [5, 5.41) is 11.6. The monoisotopic (exact) mass is 410 g/mol. The lowest BCUT2D eigenvalue weighted by molar-refractivity contribution is -0.385. The van der Waals surface area contributed by atoms with Gasteiger partial charge in [0.2, 0.25) is 5.91 Å². The Bertz CT molecular complexity index is 896. The smallest absolute Gasteiger partial charge is 0.416 e. The molecule has 0 spiro atoms. The number of carbonyl (C=O) groups excluding carboxylic acids is 1. The Labute approximate surface area is 166 Å². The van der Waals surface area contributed by atoms with Gasteiger partial charge >= 0.3 is 6.18 Å². The number of rotatable bonds is 7. The fraction of sp³-hybridized carbons (Fsp3) is 0.350. The molecule has 0 aliphatic heterocycles. The molecule has 0 bridgehead atoms. The summed E-state index contributed by atoms with van der Waals surface area (Å²) < 4.78 is 45.2. The second-order valence-electron chi connectivity index (χ2n) is 6.21. The van der Waals surface area contributed by atoms with Crippen LogP contribution in [-0.4, -0.2) is 35.9 Å². The van der Waals surface area contributed by atoms with Crippen LogP contribution in [0.25, 0.3) is 0 Å². The number of alkyl halides is 3. The lowest BCUT2D eigenvalue weighted by Crippen LogP contribution is -2.35. The average molecular weight is 410 g/mol. The van der Waals surface area contributed by atoms with Gasteiger partial charge in [-0.3, -0.25) is 14.9 Å². The van der Waals surface area contributed by atoms with Crippen molar-refractivity contribution in [2.24, 2.45) is 0 Å². The summed E-state index contributed by atoms with van der Waals surface area (Å²) in [4.78, 5) is 25.5. The van der Waals surface area contributed by atoms with Crippen LogP contribution in [0.4, 0.5) is 18.9 Å². The molecule has 1 unspecified atom stereocenters. The molecule has 6 nitrogen and oxygen atoms in total. The highest BCUT2D eigenvalue weighted by Gasteiger charge is 2.38. The van der Waals surface area contributed by atoms with E-state index in [0.29, 0.717) is 25.2 Å². The largest absolute Gasteiger partial charge is 0.496 e. The van der Waals surface area contributed by atoms with Gasteiger partial charge in [0.25, 0.3) is 5.69 Å². The molecule has 0 aliphatic carbocycles. The van der Waals surface area contributed by atoms with Crippen LogP contribution < -0.4 is 4.74 Å². The summed E-state index contributed by atoms with van der Waals surface area (Å²) in [7, 11) is 1.36. The molecule has 9 heteroatoms. The number of carbonyl (C=O) groups is 1. The van der Waals surface area contributed by atoms with Crippen molar-refractivity contribution >= 4 is 11.6 Å². The average Bonchev–Trinajstić information content (AvgIpc) is 2.68. The fourth-order valence-corrected chi connectivity index (χ4v) is 3.18. The molecule has 0 radical (unpaired) electrons. The van der Waals surface area contributed by atoms with Crippen LogP contribution in [0.5, 0.6) is 5.75 Å². The van der Waals surface area contributed by atoms with E-state index >= 15 is 0 Å². The molecule has 29 heavy (non-hydrogen) atoms. The molecule has 1 atom stereocenters. The van der Waals surface area contributed by atoms with Crippen LogP contribution >= 0.6 is 0 Å². The molecular formula is C20H21F3N2O4. The number of nitro benzene ring substituents is 1. The Morgan fingerprint density at radius 3 is 2.28 bits per heavy atom. The van der Waals surface area contributed by atoms with Crippen molar-refractivity contribution in [2.45, 2.75) is 25.9 Å². The third-order valence-electron chi connectivity index (χ3n) is 4.63. The van der Waals surface area contributed by atoms with E-state index in [0.717, 1.165) is 6.07 Å². The van der Waals surface area contributed by atoms with Gasteiger partial charge in [0.1, 0.15) is 5.75 Å². The molecule has 0 saturated carbocycles. The number of para-hydroxylation sites is 1. The Kier molecular flexibility index (Phi) is 6.84. The van der Waals surface area contributed by atoms with Crippen molar-refractivity contribution in [3.63, 3.8) is 0 Å². The molecule has 0 N–H and O–H groups in total. The SMILES string of the molecule is CCN(CC)C(=O)C(c1ccccc1OC)c1cc(C(F)(F)F)ccc1[N+](=O)[O-]. The third kappa shape index (κ3) is 4.67. The zero-order chi connectivity index (χ0) is 21.8. The number of nitro groups is 1. The van der Waals surface area contributed by atoms with Gasteiger partial charge in [-0.2, -0.15) is 13.2 Å². The van der Waals surface area contributed by atoms with E-state index in [1.165, 1.54) is 18.1 Å². The highest BCUT2D eigenvalue weighted by Crippen LogP contribution is 2.40. The minimum absolute atomic E-state index is 0.254. The molecular weight excluding hydrogens is 389 g/mol. The fourth-order valence-electron chi connectivity index (χ4n) is 3.18. The quantitative estimate of drug-likeness (QED) is 0.493. The first-order valence-electron chi connectivity index (χ1n) is 8.92. The zero-order valence-corrected chi connectivity index (χ0v) is 16.2. The highest BCUT2D eigenvalue weighted by molar-refractivity contribution is 5.89. The van der Waals surface area contributed by atoms with Crippen LogP contribution in [-0.2, 0) is 11.0 Å². The van der Waals surface area contributed by atoms with Crippen LogP contribution in [0.1, 0.15) is 36.5 Å². The van der Waals surface area contributed by atoms with Gasteiger partial charge in [-0.15, -0.1) is 0 Å². The molecule has 0 fully saturated rings. The first kappa shape index (κ1) is 22.2. The van der Waals surface area contributed by atoms with Crippen molar-refractivity contribution in [1.82, 2.24) is 4.90 Å². The number of ether oxygens (including phenoxy) is 1. The minimum atomic E-state index is -4.71. The van der Waals surface area contributed by atoms with Crippen molar-refractivity contribution in [2.75, 3.05) is 20.2 Å². The van der Waals surface area contributed by atoms with Crippen molar-refractivity contribution in [3.05, 3.63) is 69.3 Å². The lowest BCUT2D eigenvalue weighted by Gasteiger charge is -2.27. The first-order chi connectivity index (χ1) is 13.6. The van der Waals surface area contributed by atoms with E-state index in [1.807, 2.05) is 0 Å². The molecule has 2 aromatic carbocycles. The van der Waals surface area contributed by atoms with Crippen LogP contribution in [0.2, 0.25) is 0 Å². The summed E-state index contributed by atoms with van der Waals surface area (Å²) in [6, 6.07) is 8.42. The van der Waals surface area contributed by atoms with Gasteiger partial charge in [0, 0.05) is 30.3 Å². The Hall–Kier alpha value is -3.10.